The number of hydrogen-bond donors (Lipinski definition) is 2. The Bertz CT molecular complexity index is 1320. The summed E-state index contributed by atoms with van der Waals surface area (Å²) < 4.78 is 35.6. The van der Waals surface area contributed by atoms with Crippen LogP contribution in [0.1, 0.15) is 33.8 Å². The molecule has 4 rings (SSSR count). The Kier molecular flexibility index (Phi) is 6.77. The second-order valence-corrected chi connectivity index (χ2v) is 8.73. The Morgan fingerprint density at radius 1 is 1.14 bits per heavy atom. The van der Waals surface area contributed by atoms with Gasteiger partial charge >= 0.3 is 0 Å². The molecule has 0 atom stereocenters. The molecule has 1 aromatic heterocycles. The smallest absolute Gasteiger partial charge is 0.284 e. The van der Waals surface area contributed by atoms with Crippen molar-refractivity contribution in [2.24, 2.45) is 18.5 Å². The number of primary amides is 1. The molecule has 2 amide bonds. The van der Waals surface area contributed by atoms with Crippen LogP contribution >= 0.6 is 11.6 Å². The van der Waals surface area contributed by atoms with Crippen LogP contribution < -0.4 is 16.2 Å². The number of halogens is 3. The summed E-state index contributed by atoms with van der Waals surface area (Å²) in [5.74, 6) is -3.86. The van der Waals surface area contributed by atoms with E-state index in [1.165, 1.54) is 36.9 Å². The lowest BCUT2D eigenvalue weighted by atomic mass is 10.0. The lowest BCUT2D eigenvalue weighted by molar-refractivity contribution is 0.0714. The zero-order chi connectivity index (χ0) is 25.4. The highest BCUT2D eigenvalue weighted by atomic mass is 35.5. The SMILES string of the molecule is COc1ccc(-c2c(-c3ccc(C(=O)N4CCC(N)CC4)c(Cl)c3)nc(C(N)=O)n2C)c(F)c1F. The molecule has 0 radical (unpaired) electrons. The topological polar surface area (TPSA) is 116 Å². The number of piperidine rings is 1. The molecule has 11 heteroatoms. The highest BCUT2D eigenvalue weighted by molar-refractivity contribution is 6.34. The van der Waals surface area contributed by atoms with E-state index in [0.717, 1.165) is 0 Å². The maximum Gasteiger partial charge on any atom is 0.284 e. The van der Waals surface area contributed by atoms with Crippen LogP contribution in [-0.2, 0) is 7.05 Å². The van der Waals surface area contributed by atoms with Gasteiger partial charge in [0.25, 0.3) is 11.8 Å². The number of ether oxygens (including phenoxy) is 1. The van der Waals surface area contributed by atoms with Gasteiger partial charge in [-0.05, 0) is 37.1 Å². The number of methoxy groups -OCH3 is 1. The second kappa shape index (κ2) is 9.63. The van der Waals surface area contributed by atoms with E-state index in [1.54, 1.807) is 17.0 Å². The van der Waals surface area contributed by atoms with Crippen molar-refractivity contribution < 1.29 is 23.1 Å². The van der Waals surface area contributed by atoms with Crippen molar-refractivity contribution in [3.8, 4) is 28.3 Å². The molecule has 1 saturated heterocycles. The van der Waals surface area contributed by atoms with Gasteiger partial charge in [-0.25, -0.2) is 9.37 Å². The predicted octanol–water partition coefficient (Wildman–Crippen LogP) is 3.36. The number of amides is 2. The third-order valence-electron chi connectivity index (χ3n) is 6.14. The van der Waals surface area contributed by atoms with Gasteiger partial charge in [-0.1, -0.05) is 17.7 Å². The molecule has 35 heavy (non-hydrogen) atoms. The number of imidazole rings is 1. The second-order valence-electron chi connectivity index (χ2n) is 8.32. The quantitative estimate of drug-likeness (QED) is 0.554. The summed E-state index contributed by atoms with van der Waals surface area (Å²) in [6.07, 6.45) is 1.41. The standard InChI is InChI=1S/C24H24ClF2N5O3/c1-31-21(15-5-6-17(35-2)19(27)18(15)26)20(30-23(31)22(29)33)12-3-4-14(16(25)11-12)24(34)32-9-7-13(28)8-10-32/h3-6,11,13H,7-10,28H2,1-2H3,(H2,29,33). The van der Waals surface area contributed by atoms with Crippen LogP contribution in [0.15, 0.2) is 30.3 Å². The maximum atomic E-state index is 15.0. The fourth-order valence-electron chi connectivity index (χ4n) is 4.21. The molecule has 3 aromatic rings. The molecule has 0 aliphatic carbocycles. The summed E-state index contributed by atoms with van der Waals surface area (Å²) in [5, 5.41) is 0.154. The highest BCUT2D eigenvalue weighted by Gasteiger charge is 2.27. The number of benzene rings is 2. The van der Waals surface area contributed by atoms with Crippen molar-refractivity contribution in [1.29, 1.82) is 0 Å². The normalized spacial score (nSPS) is 14.3. The molecule has 0 unspecified atom stereocenters. The number of nitrogens with zero attached hydrogens (tertiary/aromatic N) is 3. The van der Waals surface area contributed by atoms with Gasteiger partial charge in [0.1, 0.15) is 0 Å². The zero-order valence-electron chi connectivity index (χ0n) is 19.1. The summed E-state index contributed by atoms with van der Waals surface area (Å²) in [7, 11) is 2.69. The molecule has 4 N–H and O–H groups in total. The van der Waals surface area contributed by atoms with Gasteiger partial charge in [-0.15, -0.1) is 0 Å². The molecule has 0 saturated carbocycles. The molecule has 8 nitrogen and oxygen atoms in total. The highest BCUT2D eigenvalue weighted by Crippen LogP contribution is 2.37. The van der Waals surface area contributed by atoms with Gasteiger partial charge in [0.2, 0.25) is 5.82 Å². The molecule has 2 heterocycles. The fraction of sp³-hybridized carbons (Fsp3) is 0.292. The van der Waals surface area contributed by atoms with Gasteiger partial charge in [0.05, 0.1) is 29.1 Å². The van der Waals surface area contributed by atoms with Crippen LogP contribution in [-0.4, -0.2) is 52.5 Å². The number of carbonyl (C=O) groups is 2. The number of hydrogen-bond acceptors (Lipinski definition) is 5. The summed E-state index contributed by atoms with van der Waals surface area (Å²) in [5.41, 5.74) is 12.2. The average Bonchev–Trinajstić information content (AvgIpc) is 3.18. The first-order chi connectivity index (χ1) is 16.6. The van der Waals surface area contributed by atoms with Crippen LogP contribution in [0.3, 0.4) is 0 Å². The Labute approximate surface area is 205 Å². The Morgan fingerprint density at radius 2 is 1.83 bits per heavy atom. The monoisotopic (exact) mass is 503 g/mol. The minimum atomic E-state index is -1.18. The zero-order valence-corrected chi connectivity index (χ0v) is 19.9. The van der Waals surface area contributed by atoms with Crippen LogP contribution in [0, 0.1) is 11.6 Å². The molecule has 1 aliphatic rings. The minimum absolute atomic E-state index is 0.0714. The third kappa shape index (κ3) is 4.46. The van der Waals surface area contributed by atoms with E-state index in [4.69, 9.17) is 27.8 Å². The van der Waals surface area contributed by atoms with Crippen LogP contribution in [0.25, 0.3) is 22.5 Å². The first-order valence-corrected chi connectivity index (χ1v) is 11.3. The number of carbonyl (C=O) groups excluding carboxylic acids is 2. The first kappa shape index (κ1) is 24.6. The van der Waals surface area contributed by atoms with E-state index < -0.39 is 17.5 Å². The number of nitrogens with two attached hydrogens (primary N) is 2. The number of aromatic nitrogens is 2. The van der Waals surface area contributed by atoms with E-state index >= 15 is 4.39 Å². The lowest BCUT2D eigenvalue weighted by Gasteiger charge is -2.30. The van der Waals surface area contributed by atoms with E-state index in [1.807, 2.05) is 0 Å². The molecular formula is C24H24ClF2N5O3. The van der Waals surface area contributed by atoms with Gasteiger partial charge in [0.15, 0.2) is 17.4 Å². The van der Waals surface area contributed by atoms with Crippen molar-refractivity contribution in [2.45, 2.75) is 18.9 Å². The predicted molar refractivity (Wildman–Crippen MR) is 127 cm³/mol. The van der Waals surface area contributed by atoms with Gasteiger partial charge in [0, 0.05) is 37.3 Å². The van der Waals surface area contributed by atoms with Gasteiger partial charge < -0.3 is 25.7 Å². The molecule has 1 fully saturated rings. The molecular weight excluding hydrogens is 480 g/mol. The van der Waals surface area contributed by atoms with Crippen molar-refractivity contribution in [3.63, 3.8) is 0 Å². The average molecular weight is 504 g/mol. The van der Waals surface area contributed by atoms with E-state index in [9.17, 15) is 14.0 Å². The van der Waals surface area contributed by atoms with Crippen molar-refractivity contribution in [2.75, 3.05) is 20.2 Å². The Hall–Kier alpha value is -3.50. The Morgan fingerprint density at radius 3 is 2.43 bits per heavy atom. The van der Waals surface area contributed by atoms with Gasteiger partial charge in [-0.2, -0.15) is 4.39 Å². The molecule has 184 valence electrons. The summed E-state index contributed by atoms with van der Waals surface area (Å²) >= 11 is 6.48. The molecule has 2 aromatic carbocycles. The van der Waals surface area contributed by atoms with Crippen LogP contribution in [0.4, 0.5) is 8.78 Å². The van der Waals surface area contributed by atoms with E-state index in [0.29, 0.717) is 37.1 Å². The summed E-state index contributed by atoms with van der Waals surface area (Å²) in [6, 6.07) is 7.29. The molecule has 0 bridgehead atoms. The molecule has 1 aliphatic heterocycles. The maximum absolute atomic E-state index is 15.0. The Balaban J connectivity index is 1.80. The number of likely N-dealkylation sites (tertiary alicyclic amines) is 1. The lowest BCUT2D eigenvalue weighted by Crippen LogP contribution is -2.42. The first-order valence-electron chi connectivity index (χ1n) is 10.9. The van der Waals surface area contributed by atoms with Crippen molar-refractivity contribution in [3.05, 3.63) is 58.4 Å². The largest absolute Gasteiger partial charge is 0.494 e. The molecule has 0 spiro atoms. The van der Waals surface area contributed by atoms with Gasteiger partial charge in [-0.3, -0.25) is 9.59 Å². The minimum Gasteiger partial charge on any atom is -0.494 e. The fourth-order valence-corrected chi connectivity index (χ4v) is 4.47. The third-order valence-corrected chi connectivity index (χ3v) is 6.45. The van der Waals surface area contributed by atoms with Crippen molar-refractivity contribution >= 4 is 23.4 Å². The summed E-state index contributed by atoms with van der Waals surface area (Å²) in [6.45, 7) is 1.07. The number of rotatable bonds is 5. The summed E-state index contributed by atoms with van der Waals surface area (Å²) in [4.78, 5) is 30.9. The van der Waals surface area contributed by atoms with E-state index in [2.05, 4.69) is 4.98 Å². The van der Waals surface area contributed by atoms with Crippen LogP contribution in [0.5, 0.6) is 5.75 Å². The van der Waals surface area contributed by atoms with Crippen LogP contribution in [0.2, 0.25) is 5.02 Å². The van der Waals surface area contributed by atoms with E-state index in [-0.39, 0.29) is 45.5 Å². The van der Waals surface area contributed by atoms with Crippen molar-refractivity contribution in [1.82, 2.24) is 14.5 Å².